The van der Waals surface area contributed by atoms with Crippen molar-refractivity contribution in [2.45, 2.75) is 51.5 Å². The SMILES string of the molecule is CC(C)N1CCC[C@@H](c2cccc(CCC(=O)O)n2)C1. The molecule has 1 saturated heterocycles. The van der Waals surface area contributed by atoms with Crippen LogP contribution in [0, 0.1) is 0 Å². The molecular weight excluding hydrogens is 252 g/mol. The van der Waals surface area contributed by atoms with E-state index in [9.17, 15) is 4.79 Å². The normalized spacial score (nSPS) is 20.2. The smallest absolute Gasteiger partial charge is 0.303 e. The lowest BCUT2D eigenvalue weighted by Gasteiger charge is -2.35. The highest BCUT2D eigenvalue weighted by atomic mass is 16.4. The number of likely N-dealkylation sites (tertiary alicyclic amines) is 1. The van der Waals surface area contributed by atoms with Gasteiger partial charge >= 0.3 is 5.97 Å². The second-order valence-corrected chi connectivity index (χ2v) is 5.88. The van der Waals surface area contributed by atoms with Crippen LogP contribution in [0.5, 0.6) is 0 Å². The second-order valence-electron chi connectivity index (χ2n) is 5.88. The standard InChI is InChI=1S/C16H24N2O2/c1-12(2)18-10-4-5-13(11-18)15-7-3-6-14(17-15)8-9-16(19)20/h3,6-7,12-13H,4-5,8-11H2,1-2H3,(H,19,20)/t13-/m1/s1. The highest BCUT2D eigenvalue weighted by molar-refractivity contribution is 5.66. The van der Waals surface area contributed by atoms with Gasteiger partial charge in [-0.25, -0.2) is 0 Å². The molecule has 2 rings (SSSR count). The zero-order chi connectivity index (χ0) is 14.5. The molecule has 0 spiro atoms. The monoisotopic (exact) mass is 276 g/mol. The van der Waals surface area contributed by atoms with Gasteiger partial charge in [0.25, 0.3) is 0 Å². The topological polar surface area (TPSA) is 53.4 Å². The molecule has 20 heavy (non-hydrogen) atoms. The summed E-state index contributed by atoms with van der Waals surface area (Å²) in [6.45, 7) is 6.71. The Kier molecular flexibility index (Phi) is 5.12. The fourth-order valence-corrected chi connectivity index (χ4v) is 2.82. The minimum absolute atomic E-state index is 0.152. The molecule has 4 nitrogen and oxygen atoms in total. The lowest BCUT2D eigenvalue weighted by molar-refractivity contribution is -0.136. The average molecular weight is 276 g/mol. The highest BCUT2D eigenvalue weighted by Crippen LogP contribution is 2.26. The predicted octanol–water partition coefficient (Wildman–Crippen LogP) is 2.69. The molecule has 1 aliphatic heterocycles. The van der Waals surface area contributed by atoms with E-state index < -0.39 is 5.97 Å². The number of nitrogens with zero attached hydrogens (tertiary/aromatic N) is 2. The predicted molar refractivity (Wildman–Crippen MR) is 78.9 cm³/mol. The van der Waals surface area contributed by atoms with Crippen LogP contribution < -0.4 is 0 Å². The molecule has 1 fully saturated rings. The van der Waals surface area contributed by atoms with Crippen molar-refractivity contribution in [3.8, 4) is 0 Å². The van der Waals surface area contributed by atoms with Gasteiger partial charge in [-0.3, -0.25) is 9.78 Å². The van der Waals surface area contributed by atoms with E-state index in [-0.39, 0.29) is 6.42 Å². The third-order valence-electron chi connectivity index (χ3n) is 4.02. The van der Waals surface area contributed by atoms with Gasteiger partial charge in [0, 0.05) is 36.3 Å². The maximum atomic E-state index is 10.6. The van der Waals surface area contributed by atoms with Crippen molar-refractivity contribution in [1.82, 2.24) is 9.88 Å². The van der Waals surface area contributed by atoms with Gasteiger partial charge in [-0.1, -0.05) is 6.07 Å². The minimum Gasteiger partial charge on any atom is -0.481 e. The lowest BCUT2D eigenvalue weighted by Crippen LogP contribution is -2.39. The number of aliphatic carboxylic acids is 1. The number of pyridine rings is 1. The quantitative estimate of drug-likeness (QED) is 0.898. The molecule has 2 heterocycles. The van der Waals surface area contributed by atoms with Crippen molar-refractivity contribution in [3.63, 3.8) is 0 Å². The largest absolute Gasteiger partial charge is 0.481 e. The van der Waals surface area contributed by atoms with E-state index in [0.717, 1.165) is 17.9 Å². The third kappa shape index (κ3) is 4.04. The van der Waals surface area contributed by atoms with Crippen molar-refractivity contribution in [3.05, 3.63) is 29.6 Å². The van der Waals surface area contributed by atoms with Crippen LogP contribution in [0.2, 0.25) is 0 Å². The van der Waals surface area contributed by atoms with Crippen LogP contribution in [0.3, 0.4) is 0 Å². The van der Waals surface area contributed by atoms with Crippen LogP contribution in [0.15, 0.2) is 18.2 Å². The molecule has 1 N–H and O–H groups in total. The Morgan fingerprint density at radius 1 is 1.50 bits per heavy atom. The number of hydrogen-bond donors (Lipinski definition) is 1. The Morgan fingerprint density at radius 2 is 2.30 bits per heavy atom. The van der Waals surface area contributed by atoms with Gasteiger partial charge in [0.05, 0.1) is 6.42 Å². The van der Waals surface area contributed by atoms with Gasteiger partial charge in [0.1, 0.15) is 0 Å². The first-order valence-electron chi connectivity index (χ1n) is 7.48. The molecule has 0 saturated carbocycles. The Hall–Kier alpha value is -1.42. The fraction of sp³-hybridized carbons (Fsp3) is 0.625. The molecule has 1 aromatic rings. The van der Waals surface area contributed by atoms with Gasteiger partial charge in [0.2, 0.25) is 0 Å². The van der Waals surface area contributed by atoms with Crippen LogP contribution in [-0.2, 0) is 11.2 Å². The molecule has 1 aliphatic rings. The van der Waals surface area contributed by atoms with E-state index in [2.05, 4.69) is 29.8 Å². The molecule has 0 aliphatic carbocycles. The highest BCUT2D eigenvalue weighted by Gasteiger charge is 2.23. The number of piperidine rings is 1. The van der Waals surface area contributed by atoms with E-state index in [0.29, 0.717) is 18.4 Å². The number of hydrogen-bond acceptors (Lipinski definition) is 3. The Morgan fingerprint density at radius 3 is 3.00 bits per heavy atom. The minimum atomic E-state index is -0.763. The van der Waals surface area contributed by atoms with Crippen molar-refractivity contribution in [2.75, 3.05) is 13.1 Å². The first kappa shape index (κ1) is 15.0. The van der Waals surface area contributed by atoms with Crippen LogP contribution in [0.4, 0.5) is 0 Å². The van der Waals surface area contributed by atoms with E-state index in [1.165, 1.54) is 19.4 Å². The van der Waals surface area contributed by atoms with Crippen molar-refractivity contribution < 1.29 is 9.90 Å². The molecular formula is C16H24N2O2. The maximum absolute atomic E-state index is 10.6. The summed E-state index contributed by atoms with van der Waals surface area (Å²) in [6, 6.07) is 6.59. The van der Waals surface area contributed by atoms with Crippen LogP contribution >= 0.6 is 0 Å². The Bertz CT molecular complexity index is 460. The first-order chi connectivity index (χ1) is 9.56. The maximum Gasteiger partial charge on any atom is 0.303 e. The summed E-state index contributed by atoms with van der Waals surface area (Å²) < 4.78 is 0. The number of carbonyl (C=O) groups is 1. The molecule has 0 radical (unpaired) electrons. The van der Waals surface area contributed by atoms with E-state index in [4.69, 9.17) is 5.11 Å². The zero-order valence-electron chi connectivity index (χ0n) is 12.4. The molecule has 0 unspecified atom stereocenters. The van der Waals surface area contributed by atoms with Crippen LogP contribution in [-0.4, -0.2) is 40.1 Å². The summed E-state index contributed by atoms with van der Waals surface area (Å²) >= 11 is 0. The molecule has 1 atom stereocenters. The summed E-state index contributed by atoms with van der Waals surface area (Å²) in [6.07, 6.45) is 3.06. The van der Waals surface area contributed by atoms with Crippen LogP contribution in [0.25, 0.3) is 0 Å². The summed E-state index contributed by atoms with van der Waals surface area (Å²) in [7, 11) is 0. The molecule has 0 amide bonds. The average Bonchev–Trinajstić information content (AvgIpc) is 2.45. The van der Waals surface area contributed by atoms with Gasteiger partial charge in [-0.05, 0) is 45.4 Å². The van der Waals surface area contributed by atoms with Crippen molar-refractivity contribution >= 4 is 5.97 Å². The van der Waals surface area contributed by atoms with Gasteiger partial charge in [-0.15, -0.1) is 0 Å². The van der Waals surface area contributed by atoms with Crippen LogP contribution in [0.1, 0.15) is 50.4 Å². The summed E-state index contributed by atoms with van der Waals surface area (Å²) in [5, 5.41) is 8.75. The molecule has 4 heteroatoms. The second kappa shape index (κ2) is 6.84. The number of carboxylic acids is 1. The van der Waals surface area contributed by atoms with Crippen molar-refractivity contribution in [2.24, 2.45) is 0 Å². The fourth-order valence-electron chi connectivity index (χ4n) is 2.82. The Labute approximate surface area is 120 Å². The number of carboxylic acid groups (broad SMARTS) is 1. The van der Waals surface area contributed by atoms with Gasteiger partial charge < -0.3 is 10.0 Å². The van der Waals surface area contributed by atoms with Gasteiger partial charge in [-0.2, -0.15) is 0 Å². The first-order valence-corrected chi connectivity index (χ1v) is 7.48. The Balaban J connectivity index is 2.04. The zero-order valence-corrected chi connectivity index (χ0v) is 12.4. The third-order valence-corrected chi connectivity index (χ3v) is 4.02. The van der Waals surface area contributed by atoms with E-state index in [1.807, 2.05) is 12.1 Å². The molecule has 110 valence electrons. The van der Waals surface area contributed by atoms with Gasteiger partial charge in [0.15, 0.2) is 0 Å². The van der Waals surface area contributed by atoms with E-state index >= 15 is 0 Å². The summed E-state index contributed by atoms with van der Waals surface area (Å²) in [5.41, 5.74) is 2.02. The molecule has 0 aromatic carbocycles. The number of aromatic nitrogens is 1. The van der Waals surface area contributed by atoms with Crippen molar-refractivity contribution in [1.29, 1.82) is 0 Å². The van der Waals surface area contributed by atoms with E-state index in [1.54, 1.807) is 0 Å². The molecule has 1 aromatic heterocycles. The summed E-state index contributed by atoms with van der Waals surface area (Å²) in [5.74, 6) is -0.281. The molecule has 0 bridgehead atoms. The summed E-state index contributed by atoms with van der Waals surface area (Å²) in [4.78, 5) is 17.8. The lowest BCUT2D eigenvalue weighted by atomic mass is 9.93. The number of aryl methyl sites for hydroxylation is 1. The number of rotatable bonds is 5.